The number of aliphatic hydroxyl groups excluding tert-OH is 1. The average molecular weight is 282 g/mol. The first-order valence-electron chi connectivity index (χ1n) is 7.10. The maximum Gasteiger partial charge on any atom is 0.0512 e. The van der Waals surface area contributed by atoms with Crippen molar-refractivity contribution >= 4 is 11.6 Å². The molecule has 1 aromatic carbocycles. The van der Waals surface area contributed by atoms with Crippen LogP contribution in [0, 0.1) is 5.41 Å². The third-order valence-electron chi connectivity index (χ3n) is 3.99. The first-order chi connectivity index (χ1) is 8.90. The second-order valence-corrected chi connectivity index (χ2v) is 6.82. The molecule has 0 radical (unpaired) electrons. The maximum atomic E-state index is 9.30. The molecule has 1 aromatic rings. The van der Waals surface area contributed by atoms with E-state index in [4.69, 9.17) is 11.6 Å². The largest absolute Gasteiger partial charge is 0.393 e. The van der Waals surface area contributed by atoms with Crippen LogP contribution in [0.5, 0.6) is 0 Å². The van der Waals surface area contributed by atoms with Crippen LogP contribution >= 0.6 is 11.6 Å². The number of nitrogens with one attached hydrogen (secondary N) is 1. The molecular formula is C16H24ClNO. The molecular weight excluding hydrogens is 258 g/mol. The molecule has 2 nitrogen and oxygen atoms in total. The first kappa shape index (κ1) is 14.8. The SMILES string of the molecule is CC(O)CCCNC1c2cc(Cl)ccc2CC1(C)C. The smallest absolute Gasteiger partial charge is 0.0512 e. The Bertz CT molecular complexity index is 442. The fourth-order valence-electron chi connectivity index (χ4n) is 3.04. The Balaban J connectivity index is 2.04. The number of aliphatic hydroxyl groups is 1. The topological polar surface area (TPSA) is 32.3 Å². The fraction of sp³-hybridized carbons (Fsp3) is 0.625. The molecule has 106 valence electrons. The maximum absolute atomic E-state index is 9.30. The molecule has 0 saturated carbocycles. The summed E-state index contributed by atoms with van der Waals surface area (Å²) in [6.45, 7) is 7.38. The van der Waals surface area contributed by atoms with Crippen molar-refractivity contribution in [3.05, 3.63) is 34.3 Å². The third kappa shape index (κ3) is 3.50. The number of hydrogen-bond donors (Lipinski definition) is 2. The average Bonchev–Trinajstić information content (AvgIpc) is 2.55. The molecule has 0 spiro atoms. The molecule has 2 unspecified atom stereocenters. The minimum absolute atomic E-state index is 0.208. The molecule has 0 bridgehead atoms. The minimum Gasteiger partial charge on any atom is -0.393 e. The molecule has 0 heterocycles. The van der Waals surface area contributed by atoms with Crippen molar-refractivity contribution in [3.8, 4) is 0 Å². The molecule has 0 aliphatic heterocycles. The van der Waals surface area contributed by atoms with Crippen LogP contribution in [0.4, 0.5) is 0 Å². The van der Waals surface area contributed by atoms with Gasteiger partial charge in [0.05, 0.1) is 6.10 Å². The van der Waals surface area contributed by atoms with E-state index < -0.39 is 0 Å². The first-order valence-corrected chi connectivity index (χ1v) is 7.48. The van der Waals surface area contributed by atoms with Gasteiger partial charge in [0, 0.05) is 11.1 Å². The van der Waals surface area contributed by atoms with Crippen molar-refractivity contribution in [2.24, 2.45) is 5.41 Å². The number of halogens is 1. The molecule has 0 fully saturated rings. The number of hydrogen-bond acceptors (Lipinski definition) is 2. The number of fused-ring (bicyclic) bond motifs is 1. The molecule has 2 atom stereocenters. The zero-order valence-electron chi connectivity index (χ0n) is 12.0. The standard InChI is InChI=1S/C16H24ClNO/c1-11(19)5-4-8-18-15-14-9-13(17)7-6-12(14)10-16(15,2)3/h6-7,9,11,15,18-19H,4-5,8,10H2,1-3H3. The lowest BCUT2D eigenvalue weighted by atomic mass is 9.85. The summed E-state index contributed by atoms with van der Waals surface area (Å²) < 4.78 is 0. The van der Waals surface area contributed by atoms with Crippen LogP contribution in [0.25, 0.3) is 0 Å². The minimum atomic E-state index is -0.208. The molecule has 0 amide bonds. The summed E-state index contributed by atoms with van der Waals surface area (Å²) in [5.74, 6) is 0. The van der Waals surface area contributed by atoms with E-state index >= 15 is 0 Å². The highest BCUT2D eigenvalue weighted by Gasteiger charge is 2.38. The molecule has 0 saturated heterocycles. The van der Waals surface area contributed by atoms with Gasteiger partial charge in [-0.1, -0.05) is 31.5 Å². The quantitative estimate of drug-likeness (QED) is 0.807. The monoisotopic (exact) mass is 281 g/mol. The van der Waals surface area contributed by atoms with Crippen molar-refractivity contribution in [1.82, 2.24) is 5.32 Å². The van der Waals surface area contributed by atoms with Gasteiger partial charge in [-0.25, -0.2) is 0 Å². The second kappa shape index (κ2) is 5.82. The van der Waals surface area contributed by atoms with Gasteiger partial charge in [-0.2, -0.15) is 0 Å². The fourth-order valence-corrected chi connectivity index (χ4v) is 3.22. The zero-order chi connectivity index (χ0) is 14.0. The van der Waals surface area contributed by atoms with Gasteiger partial charge in [0.25, 0.3) is 0 Å². The predicted molar refractivity (Wildman–Crippen MR) is 80.6 cm³/mol. The second-order valence-electron chi connectivity index (χ2n) is 6.39. The van der Waals surface area contributed by atoms with E-state index in [0.717, 1.165) is 30.8 Å². The number of rotatable bonds is 5. The molecule has 3 heteroatoms. The lowest BCUT2D eigenvalue weighted by Crippen LogP contribution is -2.32. The zero-order valence-corrected chi connectivity index (χ0v) is 12.8. The van der Waals surface area contributed by atoms with Crippen LogP contribution in [0.1, 0.15) is 50.8 Å². The van der Waals surface area contributed by atoms with Crippen molar-refractivity contribution in [2.75, 3.05) is 6.54 Å². The Labute approximate surface area is 121 Å². The van der Waals surface area contributed by atoms with Gasteiger partial charge >= 0.3 is 0 Å². The van der Waals surface area contributed by atoms with Crippen LogP contribution in [0.2, 0.25) is 5.02 Å². The van der Waals surface area contributed by atoms with E-state index in [1.807, 2.05) is 13.0 Å². The van der Waals surface area contributed by atoms with Gasteiger partial charge in [-0.15, -0.1) is 0 Å². The van der Waals surface area contributed by atoms with Gasteiger partial charge in [0.2, 0.25) is 0 Å². The summed E-state index contributed by atoms with van der Waals surface area (Å²) in [6.07, 6.45) is 2.73. The normalized spacial score (nSPS) is 22.3. The summed E-state index contributed by atoms with van der Waals surface area (Å²) in [5.41, 5.74) is 2.97. The van der Waals surface area contributed by atoms with Gasteiger partial charge in [0.15, 0.2) is 0 Å². The Hall–Kier alpha value is -0.570. The predicted octanol–water partition coefficient (Wildman–Crippen LogP) is 3.71. The van der Waals surface area contributed by atoms with Crippen molar-refractivity contribution < 1.29 is 5.11 Å². The molecule has 1 aliphatic carbocycles. The van der Waals surface area contributed by atoms with Crippen molar-refractivity contribution in [2.45, 2.75) is 52.2 Å². The van der Waals surface area contributed by atoms with Crippen molar-refractivity contribution in [3.63, 3.8) is 0 Å². The van der Waals surface area contributed by atoms with E-state index in [9.17, 15) is 5.11 Å². The van der Waals surface area contributed by atoms with E-state index in [0.29, 0.717) is 6.04 Å². The lowest BCUT2D eigenvalue weighted by molar-refractivity contribution is 0.179. The highest BCUT2D eigenvalue weighted by molar-refractivity contribution is 6.30. The van der Waals surface area contributed by atoms with Gasteiger partial charge < -0.3 is 10.4 Å². The molecule has 1 aliphatic rings. The number of benzene rings is 1. The van der Waals surface area contributed by atoms with E-state index in [2.05, 4.69) is 31.3 Å². The van der Waals surface area contributed by atoms with Gasteiger partial charge in [-0.05, 0) is 61.4 Å². The van der Waals surface area contributed by atoms with Crippen LogP contribution in [-0.2, 0) is 6.42 Å². The summed E-state index contributed by atoms with van der Waals surface area (Å²) in [5, 5.41) is 13.7. The Morgan fingerprint density at radius 2 is 2.21 bits per heavy atom. The molecule has 2 rings (SSSR count). The van der Waals surface area contributed by atoms with Crippen molar-refractivity contribution in [1.29, 1.82) is 0 Å². The Kier molecular flexibility index (Phi) is 4.54. The van der Waals surface area contributed by atoms with Gasteiger partial charge in [0.1, 0.15) is 0 Å². The summed E-state index contributed by atoms with van der Waals surface area (Å²) >= 11 is 6.12. The molecule has 19 heavy (non-hydrogen) atoms. The molecule has 0 aromatic heterocycles. The summed E-state index contributed by atoms with van der Waals surface area (Å²) in [4.78, 5) is 0. The third-order valence-corrected chi connectivity index (χ3v) is 4.23. The van der Waals surface area contributed by atoms with E-state index in [1.54, 1.807) is 0 Å². The Morgan fingerprint density at radius 1 is 1.47 bits per heavy atom. The highest BCUT2D eigenvalue weighted by Crippen LogP contribution is 2.45. The lowest BCUT2D eigenvalue weighted by Gasteiger charge is -2.29. The van der Waals surface area contributed by atoms with Crippen LogP contribution in [-0.4, -0.2) is 17.8 Å². The summed E-state index contributed by atoms with van der Waals surface area (Å²) in [7, 11) is 0. The van der Waals surface area contributed by atoms with E-state index in [1.165, 1.54) is 11.1 Å². The van der Waals surface area contributed by atoms with Gasteiger partial charge in [-0.3, -0.25) is 0 Å². The summed E-state index contributed by atoms with van der Waals surface area (Å²) in [6, 6.07) is 6.58. The highest BCUT2D eigenvalue weighted by atomic mass is 35.5. The van der Waals surface area contributed by atoms with Crippen LogP contribution < -0.4 is 5.32 Å². The van der Waals surface area contributed by atoms with E-state index in [-0.39, 0.29) is 11.5 Å². The Morgan fingerprint density at radius 3 is 2.89 bits per heavy atom. The van der Waals surface area contributed by atoms with Crippen LogP contribution in [0.3, 0.4) is 0 Å². The van der Waals surface area contributed by atoms with Crippen LogP contribution in [0.15, 0.2) is 18.2 Å². The molecule has 2 N–H and O–H groups in total.